The van der Waals surface area contributed by atoms with E-state index in [2.05, 4.69) is 4.98 Å². The smallest absolute Gasteiger partial charge is 0.252 e. The molecule has 2 heterocycles. The first kappa shape index (κ1) is 21.6. The Bertz CT molecular complexity index is 1230. The van der Waals surface area contributed by atoms with Crippen LogP contribution in [0.5, 0.6) is 0 Å². The summed E-state index contributed by atoms with van der Waals surface area (Å²) in [7, 11) is -4.02. The number of benzene rings is 2. The minimum Gasteiger partial charge on any atom is -0.376 e. The number of aryl methyl sites for hydroxylation is 1. The van der Waals surface area contributed by atoms with Gasteiger partial charge in [-0.2, -0.15) is 4.31 Å². The maximum Gasteiger partial charge on any atom is 0.252 e. The van der Waals surface area contributed by atoms with Crippen molar-refractivity contribution in [1.82, 2.24) is 9.29 Å². The summed E-state index contributed by atoms with van der Waals surface area (Å²) in [5.74, 6) is -0.532. The van der Waals surface area contributed by atoms with Crippen LogP contribution in [0.4, 0.5) is 4.39 Å². The number of ether oxygens (including phenoxy) is 2. The van der Waals surface area contributed by atoms with E-state index >= 15 is 0 Å². The number of pyridine rings is 1. The highest BCUT2D eigenvalue weighted by Crippen LogP contribution is 2.21. The summed E-state index contributed by atoms with van der Waals surface area (Å²) in [5, 5.41) is 0.811. The zero-order chi connectivity index (χ0) is 22.0. The molecule has 31 heavy (non-hydrogen) atoms. The number of fused-ring (bicyclic) bond motifs is 1. The molecule has 0 radical (unpaired) electrons. The SMILES string of the molecule is Cc1ccc2[nH]c(=O)c(CN(C[C@H]3COCCO3)S(=O)(=O)c3ccc(F)cc3)cc2c1. The number of H-pyrrole nitrogens is 1. The Hall–Kier alpha value is -2.59. The summed E-state index contributed by atoms with van der Waals surface area (Å²) in [4.78, 5) is 15.4. The number of halogens is 1. The maximum atomic E-state index is 13.3. The van der Waals surface area contributed by atoms with Gasteiger partial charge in [0.25, 0.3) is 5.56 Å². The highest BCUT2D eigenvalue weighted by atomic mass is 32.2. The van der Waals surface area contributed by atoms with Crippen molar-refractivity contribution in [3.63, 3.8) is 0 Å². The molecule has 0 bridgehead atoms. The molecule has 0 spiro atoms. The molecule has 7 nitrogen and oxygen atoms in total. The van der Waals surface area contributed by atoms with Crippen molar-refractivity contribution in [1.29, 1.82) is 0 Å². The van der Waals surface area contributed by atoms with E-state index in [0.717, 1.165) is 23.1 Å². The lowest BCUT2D eigenvalue weighted by Crippen LogP contribution is -2.43. The zero-order valence-corrected chi connectivity index (χ0v) is 17.8. The van der Waals surface area contributed by atoms with Crippen LogP contribution in [0.1, 0.15) is 11.1 Å². The second-order valence-electron chi connectivity index (χ2n) is 7.53. The first-order valence-corrected chi connectivity index (χ1v) is 11.3. The fraction of sp³-hybridized carbons (Fsp3) is 0.318. The number of nitrogens with one attached hydrogen (secondary N) is 1. The molecule has 164 valence electrons. The number of aromatic amines is 1. The Kier molecular flexibility index (Phi) is 6.19. The van der Waals surface area contributed by atoms with Crippen LogP contribution in [0.2, 0.25) is 0 Å². The minimum atomic E-state index is -4.02. The zero-order valence-electron chi connectivity index (χ0n) is 17.0. The van der Waals surface area contributed by atoms with E-state index in [0.29, 0.717) is 24.3 Å². The van der Waals surface area contributed by atoms with Crippen LogP contribution in [0.3, 0.4) is 0 Å². The van der Waals surface area contributed by atoms with E-state index in [9.17, 15) is 17.6 Å². The van der Waals surface area contributed by atoms with Crippen LogP contribution in [0.15, 0.2) is 58.2 Å². The normalized spacial score (nSPS) is 17.3. The number of nitrogens with zero attached hydrogens (tertiary/aromatic N) is 1. The van der Waals surface area contributed by atoms with Crippen molar-refractivity contribution < 1.29 is 22.3 Å². The van der Waals surface area contributed by atoms with Gasteiger partial charge in [0.15, 0.2) is 0 Å². The molecular formula is C22H23FN2O5S. The van der Waals surface area contributed by atoms with Gasteiger partial charge in [-0.3, -0.25) is 4.79 Å². The highest BCUT2D eigenvalue weighted by Gasteiger charge is 2.29. The van der Waals surface area contributed by atoms with Crippen molar-refractivity contribution >= 4 is 20.9 Å². The van der Waals surface area contributed by atoms with Gasteiger partial charge in [-0.1, -0.05) is 11.6 Å². The van der Waals surface area contributed by atoms with Gasteiger partial charge >= 0.3 is 0 Å². The molecule has 0 unspecified atom stereocenters. The van der Waals surface area contributed by atoms with Crippen LogP contribution in [-0.2, 0) is 26.0 Å². The molecule has 1 N–H and O–H groups in total. The molecule has 1 aliphatic rings. The third kappa shape index (κ3) is 4.85. The molecule has 3 aromatic rings. The molecule has 0 saturated carbocycles. The molecule has 2 aromatic carbocycles. The Morgan fingerprint density at radius 2 is 1.90 bits per heavy atom. The van der Waals surface area contributed by atoms with Crippen molar-refractivity contribution in [3.8, 4) is 0 Å². The van der Waals surface area contributed by atoms with Crippen molar-refractivity contribution in [3.05, 3.63) is 75.8 Å². The summed E-state index contributed by atoms with van der Waals surface area (Å²) in [5.41, 5.74) is 1.64. The molecule has 1 fully saturated rings. The molecule has 1 atom stereocenters. The summed E-state index contributed by atoms with van der Waals surface area (Å²) < 4.78 is 52.2. The number of sulfonamides is 1. The van der Waals surface area contributed by atoms with Crippen LogP contribution in [0, 0.1) is 12.7 Å². The van der Waals surface area contributed by atoms with E-state index in [1.807, 2.05) is 25.1 Å². The molecule has 0 aliphatic carbocycles. The number of aromatic nitrogens is 1. The standard InChI is InChI=1S/C22H23FN2O5S/c1-15-2-7-21-16(10-15)11-17(22(26)24-21)12-25(13-19-14-29-8-9-30-19)31(27,28)20-5-3-18(23)4-6-20/h2-7,10-11,19H,8-9,12-14H2,1H3,(H,24,26)/t19-/m0/s1. The number of hydrogen-bond donors (Lipinski definition) is 1. The van der Waals surface area contributed by atoms with Crippen LogP contribution < -0.4 is 5.56 Å². The van der Waals surface area contributed by atoms with Gasteiger partial charge < -0.3 is 14.5 Å². The molecule has 1 aliphatic heterocycles. The quantitative estimate of drug-likeness (QED) is 0.629. The second-order valence-corrected chi connectivity index (χ2v) is 9.47. The molecule has 0 amide bonds. The van der Waals surface area contributed by atoms with Gasteiger partial charge in [-0.15, -0.1) is 0 Å². The largest absolute Gasteiger partial charge is 0.376 e. The number of hydrogen-bond acceptors (Lipinski definition) is 5. The Morgan fingerprint density at radius 1 is 1.13 bits per heavy atom. The highest BCUT2D eigenvalue weighted by molar-refractivity contribution is 7.89. The predicted molar refractivity (Wildman–Crippen MR) is 114 cm³/mol. The van der Waals surface area contributed by atoms with E-state index in [-0.39, 0.29) is 30.2 Å². The maximum absolute atomic E-state index is 13.3. The predicted octanol–water partition coefficient (Wildman–Crippen LogP) is 2.58. The average molecular weight is 447 g/mol. The molecular weight excluding hydrogens is 423 g/mol. The van der Waals surface area contributed by atoms with Crippen molar-refractivity contribution in [2.45, 2.75) is 24.5 Å². The number of rotatable bonds is 6. The van der Waals surface area contributed by atoms with Gasteiger partial charge in [0.05, 0.1) is 30.8 Å². The fourth-order valence-corrected chi connectivity index (χ4v) is 5.00. The van der Waals surface area contributed by atoms with Gasteiger partial charge in [-0.25, -0.2) is 12.8 Å². The van der Waals surface area contributed by atoms with E-state index < -0.39 is 21.9 Å². The topological polar surface area (TPSA) is 88.7 Å². The van der Waals surface area contributed by atoms with E-state index in [1.165, 1.54) is 16.4 Å². The summed E-state index contributed by atoms with van der Waals surface area (Å²) in [6.45, 7) is 2.86. The van der Waals surface area contributed by atoms with E-state index in [4.69, 9.17) is 9.47 Å². The third-order valence-corrected chi connectivity index (χ3v) is 6.99. The lowest BCUT2D eigenvalue weighted by Gasteiger charge is -2.29. The summed E-state index contributed by atoms with van der Waals surface area (Å²) in [6, 6.07) is 11.9. The second kappa shape index (κ2) is 8.88. The molecule has 9 heteroatoms. The minimum absolute atomic E-state index is 0.00496. The third-order valence-electron chi connectivity index (χ3n) is 5.17. The van der Waals surface area contributed by atoms with E-state index in [1.54, 1.807) is 6.07 Å². The molecule has 1 saturated heterocycles. The van der Waals surface area contributed by atoms with Crippen LogP contribution in [-0.4, -0.2) is 50.2 Å². The van der Waals surface area contributed by atoms with Crippen molar-refractivity contribution in [2.24, 2.45) is 0 Å². The van der Waals surface area contributed by atoms with Gasteiger partial charge in [0.2, 0.25) is 10.0 Å². The monoisotopic (exact) mass is 446 g/mol. The lowest BCUT2D eigenvalue weighted by molar-refractivity contribution is -0.0923. The average Bonchev–Trinajstić information content (AvgIpc) is 2.75. The van der Waals surface area contributed by atoms with Gasteiger partial charge in [0, 0.05) is 24.2 Å². The first-order chi connectivity index (χ1) is 14.8. The Labute approximate surface area is 179 Å². The Morgan fingerprint density at radius 3 is 2.61 bits per heavy atom. The molecule has 4 rings (SSSR count). The van der Waals surface area contributed by atoms with Gasteiger partial charge in [0.1, 0.15) is 5.82 Å². The van der Waals surface area contributed by atoms with Crippen molar-refractivity contribution in [2.75, 3.05) is 26.4 Å². The molecule has 1 aromatic heterocycles. The van der Waals surface area contributed by atoms with Gasteiger partial charge in [-0.05, 0) is 54.8 Å². The first-order valence-electron chi connectivity index (χ1n) is 9.90. The Balaban J connectivity index is 1.72. The van der Waals surface area contributed by atoms with Crippen LogP contribution in [0.25, 0.3) is 10.9 Å². The lowest BCUT2D eigenvalue weighted by atomic mass is 10.1. The fourth-order valence-electron chi connectivity index (χ4n) is 3.55. The van der Waals surface area contributed by atoms with Crippen LogP contribution >= 0.6 is 0 Å². The summed E-state index contributed by atoms with van der Waals surface area (Å²) in [6.07, 6.45) is -0.467. The summed E-state index contributed by atoms with van der Waals surface area (Å²) >= 11 is 0.